The first-order chi connectivity index (χ1) is 10.7. The third kappa shape index (κ3) is 2.97. The van der Waals surface area contributed by atoms with E-state index in [9.17, 15) is 15.2 Å². The number of hydrogen-bond acceptors (Lipinski definition) is 8. The zero-order valence-electron chi connectivity index (χ0n) is 12.8. The number of nitrogens with zero attached hydrogens (tertiary/aromatic N) is 3. The Hall–Kier alpha value is -1.55. The van der Waals surface area contributed by atoms with Gasteiger partial charge in [0.15, 0.2) is 5.79 Å². The number of halogens is 1. The minimum Gasteiger partial charge on any atom is -0.390 e. The highest BCUT2D eigenvalue weighted by Crippen LogP contribution is 2.40. The number of hydrogen-bond donors (Lipinski definition) is 2. The van der Waals surface area contributed by atoms with Crippen LogP contribution in [0.25, 0.3) is 0 Å². The summed E-state index contributed by atoms with van der Waals surface area (Å²) >= 11 is 5.86. The molecule has 1 saturated carbocycles. The number of aryl methyl sites for hydroxylation is 1. The van der Waals surface area contributed by atoms with E-state index in [1.165, 1.54) is 0 Å². The van der Waals surface area contributed by atoms with Crippen LogP contribution in [0.2, 0.25) is 5.15 Å². The number of fused-ring (bicyclic) bond motifs is 1. The van der Waals surface area contributed by atoms with E-state index in [1.54, 1.807) is 20.8 Å². The Morgan fingerprint density at radius 3 is 2.70 bits per heavy atom. The summed E-state index contributed by atoms with van der Waals surface area (Å²) < 4.78 is 11.5. The van der Waals surface area contributed by atoms with Crippen LogP contribution < -0.4 is 5.32 Å². The lowest BCUT2D eigenvalue weighted by atomic mass is 10.2. The average molecular weight is 345 g/mol. The number of ether oxygens (including phenoxy) is 2. The zero-order valence-corrected chi connectivity index (χ0v) is 13.6. The summed E-state index contributed by atoms with van der Waals surface area (Å²) in [6.45, 7) is 5.10. The lowest BCUT2D eigenvalue weighted by Gasteiger charge is -2.23. The van der Waals surface area contributed by atoms with Crippen molar-refractivity contribution in [3.05, 3.63) is 21.1 Å². The summed E-state index contributed by atoms with van der Waals surface area (Å²) in [7, 11) is 0. The van der Waals surface area contributed by atoms with Crippen LogP contribution in [-0.2, 0) is 9.47 Å². The lowest BCUT2D eigenvalue weighted by Crippen LogP contribution is -2.35. The highest BCUT2D eigenvalue weighted by molar-refractivity contribution is 6.31. The van der Waals surface area contributed by atoms with Crippen molar-refractivity contribution in [2.45, 2.75) is 57.3 Å². The number of nitrogens with one attached hydrogen (secondary N) is 1. The number of aliphatic hydroxyl groups excluding tert-OH is 1. The third-order valence-corrected chi connectivity index (χ3v) is 4.16. The Kier molecular flexibility index (Phi) is 3.91. The van der Waals surface area contributed by atoms with Crippen LogP contribution >= 0.6 is 11.6 Å². The minimum atomic E-state index is -0.818. The van der Waals surface area contributed by atoms with Gasteiger partial charge in [0, 0.05) is 0 Å². The first-order valence-electron chi connectivity index (χ1n) is 7.17. The van der Waals surface area contributed by atoms with Gasteiger partial charge in [0.05, 0.1) is 17.1 Å². The van der Waals surface area contributed by atoms with Gasteiger partial charge in [-0.3, -0.25) is 10.1 Å². The molecule has 2 heterocycles. The second-order valence-electron chi connectivity index (χ2n) is 6.13. The highest BCUT2D eigenvalue weighted by Gasteiger charge is 2.54. The molecule has 1 aromatic rings. The van der Waals surface area contributed by atoms with E-state index in [-0.39, 0.29) is 17.0 Å². The summed E-state index contributed by atoms with van der Waals surface area (Å²) in [5.41, 5.74) is -0.395. The summed E-state index contributed by atoms with van der Waals surface area (Å²) in [6.07, 6.45) is -1.33. The molecule has 23 heavy (non-hydrogen) atoms. The predicted molar refractivity (Wildman–Crippen MR) is 80.3 cm³/mol. The van der Waals surface area contributed by atoms with E-state index >= 15 is 0 Å². The topological polar surface area (TPSA) is 120 Å². The van der Waals surface area contributed by atoms with Crippen molar-refractivity contribution in [2.75, 3.05) is 5.32 Å². The summed E-state index contributed by atoms with van der Waals surface area (Å²) in [4.78, 5) is 18.5. The van der Waals surface area contributed by atoms with Crippen molar-refractivity contribution in [1.82, 2.24) is 9.97 Å². The first kappa shape index (κ1) is 16.3. The van der Waals surface area contributed by atoms with E-state index in [0.29, 0.717) is 12.2 Å². The molecule has 1 saturated heterocycles. The highest BCUT2D eigenvalue weighted by atomic mass is 35.5. The van der Waals surface area contributed by atoms with Crippen LogP contribution in [-0.4, -0.2) is 50.1 Å². The molecular weight excluding hydrogens is 328 g/mol. The fourth-order valence-electron chi connectivity index (χ4n) is 3.07. The zero-order chi connectivity index (χ0) is 16.9. The van der Waals surface area contributed by atoms with Crippen molar-refractivity contribution in [3.63, 3.8) is 0 Å². The molecule has 0 amide bonds. The van der Waals surface area contributed by atoms with Crippen LogP contribution in [0, 0.1) is 17.0 Å². The Labute approximate surface area is 137 Å². The average Bonchev–Trinajstić information content (AvgIpc) is 2.84. The Balaban J connectivity index is 1.89. The maximum absolute atomic E-state index is 11.2. The van der Waals surface area contributed by atoms with Crippen LogP contribution in [0.15, 0.2) is 0 Å². The number of nitro groups is 1. The van der Waals surface area contributed by atoms with Gasteiger partial charge in [-0.1, -0.05) is 11.6 Å². The van der Waals surface area contributed by atoms with Crippen LogP contribution in [0.3, 0.4) is 0 Å². The largest absolute Gasteiger partial charge is 0.390 e. The molecule has 2 aliphatic rings. The van der Waals surface area contributed by atoms with Gasteiger partial charge in [-0.25, -0.2) is 9.97 Å². The van der Waals surface area contributed by atoms with Crippen LogP contribution in [0.4, 0.5) is 11.5 Å². The van der Waals surface area contributed by atoms with Gasteiger partial charge in [0.1, 0.15) is 18.0 Å². The molecule has 1 aromatic heterocycles. The van der Waals surface area contributed by atoms with Crippen molar-refractivity contribution >= 4 is 23.1 Å². The van der Waals surface area contributed by atoms with Gasteiger partial charge < -0.3 is 19.9 Å². The van der Waals surface area contributed by atoms with Gasteiger partial charge in [-0.2, -0.15) is 0 Å². The number of aromatic nitrogens is 2. The molecule has 0 radical (unpaired) electrons. The molecule has 0 bridgehead atoms. The predicted octanol–water partition coefficient (Wildman–Crippen LogP) is 1.41. The standard InChI is InChI=1S/C13H17ClN4O5/c1-5-15-11(14)8(18(20)21)12(16-5)17-6-4-7(19)10-9(6)22-13(2,3)23-10/h6-7,9-10,19H,4H2,1-3H3,(H,15,16,17)/t6-,7+,9+,10-/m1/s1. The second-order valence-corrected chi connectivity index (χ2v) is 6.49. The van der Waals surface area contributed by atoms with Gasteiger partial charge in [0.2, 0.25) is 11.0 Å². The number of rotatable bonds is 3. The third-order valence-electron chi connectivity index (χ3n) is 3.89. The fourth-order valence-corrected chi connectivity index (χ4v) is 3.35. The number of aliphatic hydroxyl groups is 1. The Morgan fingerprint density at radius 2 is 2.04 bits per heavy atom. The van der Waals surface area contributed by atoms with Crippen molar-refractivity contribution in [1.29, 1.82) is 0 Å². The van der Waals surface area contributed by atoms with Crippen molar-refractivity contribution in [2.24, 2.45) is 0 Å². The van der Waals surface area contributed by atoms with Gasteiger partial charge in [-0.15, -0.1) is 0 Å². The molecule has 1 aliphatic heterocycles. The molecule has 1 aliphatic carbocycles. The molecule has 4 atom stereocenters. The summed E-state index contributed by atoms with van der Waals surface area (Å²) in [6, 6.07) is -0.388. The number of anilines is 1. The molecule has 2 N–H and O–H groups in total. The second kappa shape index (κ2) is 5.52. The van der Waals surface area contributed by atoms with E-state index in [0.717, 1.165) is 0 Å². The normalized spacial score (nSPS) is 31.9. The smallest absolute Gasteiger partial charge is 0.348 e. The molecule has 2 fully saturated rings. The maximum Gasteiger partial charge on any atom is 0.348 e. The van der Waals surface area contributed by atoms with E-state index in [4.69, 9.17) is 21.1 Å². The molecule has 9 nitrogen and oxygen atoms in total. The quantitative estimate of drug-likeness (QED) is 0.480. The Bertz CT molecular complexity index is 655. The van der Waals surface area contributed by atoms with Crippen molar-refractivity contribution < 1.29 is 19.5 Å². The van der Waals surface area contributed by atoms with Crippen LogP contribution in [0.1, 0.15) is 26.1 Å². The van der Waals surface area contributed by atoms with E-state index in [1.807, 2.05) is 0 Å². The lowest BCUT2D eigenvalue weighted by molar-refractivity contribution is -0.384. The van der Waals surface area contributed by atoms with Gasteiger partial charge in [-0.05, 0) is 27.2 Å². The molecule has 0 unspecified atom stereocenters. The molecule has 10 heteroatoms. The molecule has 126 valence electrons. The van der Waals surface area contributed by atoms with E-state index in [2.05, 4.69) is 15.3 Å². The monoisotopic (exact) mass is 344 g/mol. The Morgan fingerprint density at radius 1 is 1.39 bits per heavy atom. The molecule has 0 spiro atoms. The van der Waals surface area contributed by atoms with Gasteiger partial charge >= 0.3 is 5.69 Å². The SMILES string of the molecule is Cc1nc(Cl)c([N+](=O)[O-])c(N[C@@H]2C[C@H](O)[C@H]3OC(C)(C)O[C@H]32)n1. The van der Waals surface area contributed by atoms with Crippen molar-refractivity contribution in [3.8, 4) is 0 Å². The van der Waals surface area contributed by atoms with Crippen LogP contribution in [0.5, 0.6) is 0 Å². The molecule has 0 aromatic carbocycles. The van der Waals surface area contributed by atoms with Gasteiger partial charge in [0.25, 0.3) is 0 Å². The summed E-state index contributed by atoms with van der Waals surface area (Å²) in [5.74, 6) is -0.497. The maximum atomic E-state index is 11.2. The molecule has 3 rings (SSSR count). The fraction of sp³-hybridized carbons (Fsp3) is 0.692. The summed E-state index contributed by atoms with van der Waals surface area (Å²) in [5, 5.41) is 24.1. The first-order valence-corrected chi connectivity index (χ1v) is 7.54. The molecular formula is C13H17ClN4O5. The minimum absolute atomic E-state index is 0.0126. The van der Waals surface area contributed by atoms with E-state index < -0.39 is 34.7 Å².